The number of rotatable bonds is 5. The van der Waals surface area contributed by atoms with Gasteiger partial charge in [0, 0.05) is 39.8 Å². The molecule has 1 aromatic heterocycles. The second-order valence-electron chi connectivity index (χ2n) is 8.13. The first-order valence-electron chi connectivity index (χ1n) is 9.89. The first kappa shape index (κ1) is 20.8. The number of aromatic nitrogens is 2. The van der Waals surface area contributed by atoms with Gasteiger partial charge in [0.15, 0.2) is 5.78 Å². The highest BCUT2D eigenvalue weighted by Crippen LogP contribution is 2.21. The first-order chi connectivity index (χ1) is 13.2. The monoisotopic (exact) mass is 393 g/mol. The van der Waals surface area contributed by atoms with Gasteiger partial charge in [0.2, 0.25) is 0 Å². The molecule has 3 unspecified atom stereocenters. The lowest BCUT2D eigenvalue weighted by molar-refractivity contribution is -0.0721. The summed E-state index contributed by atoms with van der Waals surface area (Å²) in [5, 5.41) is 0. The summed E-state index contributed by atoms with van der Waals surface area (Å²) in [6.45, 7) is 7.77. The average molecular weight is 393 g/mol. The number of carbonyl (C=O) groups is 1. The Bertz CT molecular complexity index is 851. The SMILES string of the molecule is CC1CN(CC2CCCN2CC(=O)c2c(N)n(C)c(=O)n(C)c2=O)CC(C)O1. The smallest absolute Gasteiger partial charge is 0.332 e. The molecule has 0 aliphatic carbocycles. The fourth-order valence-corrected chi connectivity index (χ4v) is 4.43. The number of ether oxygens (including phenoxy) is 1. The van der Waals surface area contributed by atoms with Gasteiger partial charge in [-0.1, -0.05) is 0 Å². The van der Waals surface area contributed by atoms with Gasteiger partial charge in [-0.15, -0.1) is 0 Å². The number of hydrogen-bond acceptors (Lipinski definition) is 7. The number of nitrogens with two attached hydrogens (primary N) is 1. The number of hydrogen-bond donors (Lipinski definition) is 1. The van der Waals surface area contributed by atoms with Gasteiger partial charge in [-0.05, 0) is 33.2 Å². The van der Waals surface area contributed by atoms with Gasteiger partial charge in [-0.25, -0.2) is 4.79 Å². The molecule has 3 atom stereocenters. The third-order valence-electron chi connectivity index (χ3n) is 5.80. The van der Waals surface area contributed by atoms with Crippen LogP contribution in [0.2, 0.25) is 0 Å². The number of ketones is 1. The van der Waals surface area contributed by atoms with E-state index in [0.29, 0.717) is 0 Å². The quantitative estimate of drug-likeness (QED) is 0.668. The van der Waals surface area contributed by atoms with Gasteiger partial charge >= 0.3 is 5.69 Å². The Morgan fingerprint density at radius 3 is 2.43 bits per heavy atom. The van der Waals surface area contributed by atoms with Gasteiger partial charge < -0.3 is 10.5 Å². The minimum atomic E-state index is -0.628. The Morgan fingerprint density at radius 1 is 1.14 bits per heavy atom. The van der Waals surface area contributed by atoms with E-state index in [-0.39, 0.29) is 42.0 Å². The van der Waals surface area contributed by atoms with E-state index in [1.807, 2.05) is 0 Å². The lowest BCUT2D eigenvalue weighted by Crippen LogP contribution is -2.51. The van der Waals surface area contributed by atoms with Crippen LogP contribution in [0.25, 0.3) is 0 Å². The summed E-state index contributed by atoms with van der Waals surface area (Å²) >= 11 is 0. The molecule has 9 nitrogen and oxygen atoms in total. The topological polar surface area (TPSA) is 103 Å². The largest absolute Gasteiger partial charge is 0.384 e. The number of likely N-dealkylation sites (tertiary alicyclic amines) is 1. The van der Waals surface area contributed by atoms with Gasteiger partial charge in [0.25, 0.3) is 5.56 Å². The van der Waals surface area contributed by atoms with Crippen molar-refractivity contribution >= 4 is 11.6 Å². The fourth-order valence-electron chi connectivity index (χ4n) is 4.43. The summed E-state index contributed by atoms with van der Waals surface area (Å²) in [5.74, 6) is -0.394. The summed E-state index contributed by atoms with van der Waals surface area (Å²) in [7, 11) is 2.83. The lowest BCUT2D eigenvalue weighted by Gasteiger charge is -2.38. The van der Waals surface area contributed by atoms with Crippen molar-refractivity contribution in [2.75, 3.05) is 38.5 Å². The van der Waals surface area contributed by atoms with Crippen LogP contribution in [0, 0.1) is 0 Å². The Hall–Kier alpha value is -1.97. The molecule has 2 saturated heterocycles. The predicted molar refractivity (Wildman–Crippen MR) is 107 cm³/mol. The number of nitrogen functional groups attached to an aromatic ring is 1. The Balaban J connectivity index is 1.74. The zero-order valence-electron chi connectivity index (χ0n) is 17.2. The van der Waals surface area contributed by atoms with Crippen molar-refractivity contribution in [1.82, 2.24) is 18.9 Å². The van der Waals surface area contributed by atoms with Crippen molar-refractivity contribution in [1.29, 1.82) is 0 Å². The molecule has 3 heterocycles. The molecule has 156 valence electrons. The molecule has 28 heavy (non-hydrogen) atoms. The zero-order chi connectivity index (χ0) is 20.6. The summed E-state index contributed by atoms with van der Waals surface area (Å²) in [6, 6.07) is 0.263. The van der Waals surface area contributed by atoms with Gasteiger partial charge in [0.1, 0.15) is 11.4 Å². The van der Waals surface area contributed by atoms with Gasteiger partial charge in [-0.3, -0.25) is 28.5 Å². The lowest BCUT2D eigenvalue weighted by atomic mass is 10.1. The molecule has 0 spiro atoms. The molecule has 2 fully saturated rings. The molecule has 3 rings (SSSR count). The van der Waals surface area contributed by atoms with Crippen LogP contribution in [-0.4, -0.2) is 75.7 Å². The van der Waals surface area contributed by atoms with E-state index in [9.17, 15) is 14.4 Å². The molecule has 2 aliphatic rings. The van der Waals surface area contributed by atoms with Crippen LogP contribution < -0.4 is 17.0 Å². The Kier molecular flexibility index (Phi) is 6.07. The minimum Gasteiger partial charge on any atom is -0.384 e. The third-order valence-corrected chi connectivity index (χ3v) is 5.80. The van der Waals surface area contributed by atoms with Crippen LogP contribution in [0.1, 0.15) is 37.0 Å². The minimum absolute atomic E-state index is 0.0651. The van der Waals surface area contributed by atoms with Crippen LogP contribution in [0.4, 0.5) is 5.82 Å². The summed E-state index contributed by atoms with van der Waals surface area (Å²) < 4.78 is 7.88. The highest BCUT2D eigenvalue weighted by molar-refractivity contribution is 6.01. The maximum absolute atomic E-state index is 12.9. The number of carbonyl (C=O) groups excluding carboxylic acids is 1. The summed E-state index contributed by atoms with van der Waals surface area (Å²) in [6.07, 6.45) is 2.45. The van der Waals surface area contributed by atoms with Crippen molar-refractivity contribution in [3.8, 4) is 0 Å². The fraction of sp³-hybridized carbons (Fsp3) is 0.737. The summed E-state index contributed by atoms with van der Waals surface area (Å²) in [5.41, 5.74) is 4.68. The van der Waals surface area contributed by atoms with Gasteiger partial charge in [-0.2, -0.15) is 0 Å². The van der Waals surface area contributed by atoms with Gasteiger partial charge in [0.05, 0.1) is 18.8 Å². The molecular formula is C19H31N5O4. The van der Waals surface area contributed by atoms with E-state index in [4.69, 9.17) is 10.5 Å². The first-order valence-corrected chi connectivity index (χ1v) is 9.89. The molecule has 0 radical (unpaired) electrons. The predicted octanol–water partition coefficient (Wildman–Crippen LogP) is -0.577. The van der Waals surface area contributed by atoms with E-state index in [0.717, 1.165) is 48.2 Å². The second kappa shape index (κ2) is 8.18. The molecule has 9 heteroatoms. The molecule has 1 aromatic rings. The third kappa shape index (κ3) is 4.06. The van der Waals surface area contributed by atoms with E-state index < -0.39 is 11.2 Å². The van der Waals surface area contributed by atoms with E-state index in [1.54, 1.807) is 0 Å². The Labute approximate surface area is 164 Å². The van der Waals surface area contributed by atoms with Crippen molar-refractivity contribution in [3.63, 3.8) is 0 Å². The maximum atomic E-state index is 12.9. The maximum Gasteiger partial charge on any atom is 0.332 e. The van der Waals surface area contributed by atoms with Crippen molar-refractivity contribution < 1.29 is 9.53 Å². The van der Waals surface area contributed by atoms with E-state index >= 15 is 0 Å². The number of morpholine rings is 1. The molecule has 0 aromatic carbocycles. The van der Waals surface area contributed by atoms with Crippen LogP contribution >= 0.6 is 0 Å². The molecular weight excluding hydrogens is 362 g/mol. The number of anilines is 1. The molecule has 2 N–H and O–H groups in total. The Morgan fingerprint density at radius 2 is 1.79 bits per heavy atom. The molecule has 0 bridgehead atoms. The zero-order valence-corrected chi connectivity index (χ0v) is 17.2. The van der Waals surface area contributed by atoms with Crippen molar-refractivity contribution in [3.05, 3.63) is 26.4 Å². The van der Waals surface area contributed by atoms with Crippen molar-refractivity contribution in [2.24, 2.45) is 14.1 Å². The number of nitrogens with zero attached hydrogens (tertiary/aromatic N) is 4. The average Bonchev–Trinajstić information content (AvgIpc) is 3.04. The number of Topliss-reactive ketones (excluding diaryl/α,β-unsaturated/α-hetero) is 1. The van der Waals surface area contributed by atoms with Crippen molar-refractivity contribution in [2.45, 2.75) is 44.9 Å². The van der Waals surface area contributed by atoms with Crippen LogP contribution in [0.15, 0.2) is 9.59 Å². The molecule has 0 amide bonds. The highest BCUT2D eigenvalue weighted by atomic mass is 16.5. The summed E-state index contributed by atoms with van der Waals surface area (Å²) in [4.78, 5) is 41.9. The van der Waals surface area contributed by atoms with Crippen LogP contribution in [-0.2, 0) is 18.8 Å². The van der Waals surface area contributed by atoms with Crippen LogP contribution in [0.5, 0.6) is 0 Å². The van der Waals surface area contributed by atoms with E-state index in [2.05, 4.69) is 23.6 Å². The molecule has 0 saturated carbocycles. The second-order valence-corrected chi connectivity index (χ2v) is 8.13. The standard InChI is InChI=1S/C19H31N5O4/c1-12-8-23(9-13(2)28-12)10-14-6-5-7-24(14)11-15(25)16-17(20)21(3)19(27)22(4)18(16)26/h12-14H,5-11,20H2,1-4H3. The highest BCUT2D eigenvalue weighted by Gasteiger charge is 2.32. The molecule has 2 aliphatic heterocycles. The van der Waals surface area contributed by atoms with Crippen LogP contribution in [0.3, 0.4) is 0 Å². The van der Waals surface area contributed by atoms with E-state index in [1.165, 1.54) is 14.1 Å². The normalized spacial score (nSPS) is 26.6.